The lowest BCUT2D eigenvalue weighted by atomic mass is 9.95. The van der Waals surface area contributed by atoms with Crippen molar-refractivity contribution < 1.29 is 9.53 Å². The van der Waals surface area contributed by atoms with Crippen molar-refractivity contribution in [1.82, 2.24) is 14.7 Å². The summed E-state index contributed by atoms with van der Waals surface area (Å²) >= 11 is 0. The summed E-state index contributed by atoms with van der Waals surface area (Å²) in [5.41, 5.74) is 1.26. The minimum Gasteiger partial charge on any atom is -0.365 e. The second-order valence-electron chi connectivity index (χ2n) is 5.74. The summed E-state index contributed by atoms with van der Waals surface area (Å²) in [6.07, 6.45) is 7.60. The van der Waals surface area contributed by atoms with Crippen molar-refractivity contribution in [2.24, 2.45) is 0 Å². The van der Waals surface area contributed by atoms with E-state index in [-0.39, 0.29) is 5.91 Å². The number of imidazole rings is 1. The Morgan fingerprint density at radius 1 is 1.48 bits per heavy atom. The fourth-order valence-electron chi connectivity index (χ4n) is 2.71. The number of carbonyl (C=O) groups is 1. The number of carbonyl (C=O) groups excluding carboxylic acids is 1. The van der Waals surface area contributed by atoms with E-state index in [1.54, 1.807) is 0 Å². The highest BCUT2D eigenvalue weighted by atomic mass is 16.5. The summed E-state index contributed by atoms with van der Waals surface area (Å²) in [6.45, 7) is 3.14. The first-order valence-corrected chi connectivity index (χ1v) is 7.52. The first-order valence-electron chi connectivity index (χ1n) is 7.52. The predicted octanol–water partition coefficient (Wildman–Crippen LogP) is 1.95. The molecular weight excluding hydrogens is 266 g/mol. The molecule has 1 saturated heterocycles. The first-order chi connectivity index (χ1) is 10.2. The SMILES string of the molecule is CC1(C(=O)NCCc2cn3ccccc3n2)CCCCO1. The molecule has 0 saturated carbocycles. The topological polar surface area (TPSA) is 55.6 Å². The van der Waals surface area contributed by atoms with Crippen LogP contribution in [0.4, 0.5) is 0 Å². The van der Waals surface area contributed by atoms with Crippen LogP contribution in [0.5, 0.6) is 0 Å². The molecule has 2 aromatic rings. The molecule has 0 aromatic carbocycles. The van der Waals surface area contributed by atoms with Gasteiger partial charge < -0.3 is 14.5 Å². The van der Waals surface area contributed by atoms with Crippen molar-refractivity contribution in [3.8, 4) is 0 Å². The van der Waals surface area contributed by atoms with Gasteiger partial charge in [-0.05, 0) is 38.3 Å². The Morgan fingerprint density at radius 2 is 2.38 bits per heavy atom. The Hall–Kier alpha value is -1.88. The van der Waals surface area contributed by atoms with Crippen LogP contribution in [0.3, 0.4) is 0 Å². The molecule has 112 valence electrons. The third kappa shape index (κ3) is 3.08. The quantitative estimate of drug-likeness (QED) is 0.935. The Bertz CT molecular complexity index is 596. The van der Waals surface area contributed by atoms with Crippen LogP contribution in [0.25, 0.3) is 5.65 Å². The molecule has 3 rings (SSSR count). The maximum atomic E-state index is 12.2. The zero-order valence-electron chi connectivity index (χ0n) is 12.3. The van der Waals surface area contributed by atoms with Crippen LogP contribution in [-0.2, 0) is 16.0 Å². The zero-order chi connectivity index (χ0) is 14.7. The third-order valence-corrected chi connectivity index (χ3v) is 4.03. The monoisotopic (exact) mass is 287 g/mol. The van der Waals surface area contributed by atoms with Crippen LogP contribution in [0.2, 0.25) is 0 Å². The third-order valence-electron chi connectivity index (χ3n) is 4.03. The number of ether oxygens (including phenoxy) is 1. The average molecular weight is 287 g/mol. The molecule has 1 N–H and O–H groups in total. The number of aromatic nitrogens is 2. The van der Waals surface area contributed by atoms with Crippen molar-refractivity contribution in [2.75, 3.05) is 13.2 Å². The van der Waals surface area contributed by atoms with Crippen LogP contribution in [-0.4, -0.2) is 34.0 Å². The zero-order valence-corrected chi connectivity index (χ0v) is 12.3. The van der Waals surface area contributed by atoms with Gasteiger partial charge in [-0.2, -0.15) is 0 Å². The summed E-state index contributed by atoms with van der Waals surface area (Å²) in [7, 11) is 0. The van der Waals surface area contributed by atoms with E-state index >= 15 is 0 Å². The van der Waals surface area contributed by atoms with E-state index in [0.29, 0.717) is 13.2 Å². The molecule has 2 aromatic heterocycles. The molecule has 5 heteroatoms. The molecule has 1 unspecified atom stereocenters. The van der Waals surface area contributed by atoms with Crippen LogP contribution in [0.1, 0.15) is 31.9 Å². The number of fused-ring (bicyclic) bond motifs is 1. The van der Waals surface area contributed by atoms with Gasteiger partial charge in [0.15, 0.2) is 0 Å². The van der Waals surface area contributed by atoms with Gasteiger partial charge in [0.2, 0.25) is 0 Å². The van der Waals surface area contributed by atoms with Crippen LogP contribution in [0.15, 0.2) is 30.6 Å². The Kier molecular flexibility index (Phi) is 3.92. The molecule has 5 nitrogen and oxygen atoms in total. The van der Waals surface area contributed by atoms with Gasteiger partial charge in [-0.1, -0.05) is 6.07 Å². The van der Waals surface area contributed by atoms with Gasteiger partial charge >= 0.3 is 0 Å². The van der Waals surface area contributed by atoms with Crippen LogP contribution >= 0.6 is 0 Å². The average Bonchev–Trinajstić information content (AvgIpc) is 2.90. The van der Waals surface area contributed by atoms with Gasteiger partial charge in [-0.15, -0.1) is 0 Å². The Balaban J connectivity index is 1.54. The van der Waals surface area contributed by atoms with Crippen molar-refractivity contribution in [2.45, 2.75) is 38.2 Å². The lowest BCUT2D eigenvalue weighted by Gasteiger charge is -2.32. The summed E-state index contributed by atoms with van der Waals surface area (Å²) in [6, 6.07) is 5.91. The van der Waals surface area contributed by atoms with E-state index in [1.807, 2.05) is 41.9 Å². The highest BCUT2D eigenvalue weighted by molar-refractivity contribution is 5.84. The number of nitrogens with zero attached hydrogens (tertiary/aromatic N) is 2. The summed E-state index contributed by atoms with van der Waals surface area (Å²) in [5.74, 6) is -0.00837. The molecule has 0 radical (unpaired) electrons. The minimum absolute atomic E-state index is 0.00837. The van der Waals surface area contributed by atoms with Gasteiger partial charge in [0.05, 0.1) is 5.69 Å². The van der Waals surface area contributed by atoms with E-state index in [9.17, 15) is 4.79 Å². The summed E-state index contributed by atoms with van der Waals surface area (Å²) in [4.78, 5) is 16.7. The van der Waals surface area contributed by atoms with Gasteiger partial charge in [0.1, 0.15) is 11.2 Å². The molecule has 21 heavy (non-hydrogen) atoms. The number of nitrogens with one attached hydrogen (secondary N) is 1. The highest BCUT2D eigenvalue weighted by Crippen LogP contribution is 2.24. The Labute approximate surface area is 124 Å². The number of amides is 1. The van der Waals surface area contributed by atoms with Gasteiger partial charge in [0, 0.05) is 32.0 Å². The molecule has 0 aliphatic carbocycles. The predicted molar refractivity (Wildman–Crippen MR) is 80.1 cm³/mol. The van der Waals surface area contributed by atoms with E-state index in [2.05, 4.69) is 10.3 Å². The highest BCUT2D eigenvalue weighted by Gasteiger charge is 2.35. The maximum Gasteiger partial charge on any atom is 0.251 e. The lowest BCUT2D eigenvalue weighted by Crippen LogP contribution is -2.48. The largest absolute Gasteiger partial charge is 0.365 e. The molecule has 0 spiro atoms. The van der Waals surface area contributed by atoms with E-state index in [4.69, 9.17) is 4.74 Å². The van der Waals surface area contributed by atoms with Crippen LogP contribution < -0.4 is 5.32 Å². The molecule has 1 aliphatic heterocycles. The standard InChI is InChI=1S/C16H21N3O2/c1-16(8-3-5-11-21-16)15(20)17-9-7-13-12-19-10-4-2-6-14(19)18-13/h2,4,6,10,12H,3,5,7-9,11H2,1H3,(H,17,20). The molecule has 0 bridgehead atoms. The van der Waals surface area contributed by atoms with Crippen LogP contribution in [0, 0.1) is 0 Å². The van der Waals surface area contributed by atoms with E-state index < -0.39 is 5.60 Å². The number of hydrogen-bond donors (Lipinski definition) is 1. The smallest absolute Gasteiger partial charge is 0.251 e. The molecule has 3 heterocycles. The van der Waals surface area contributed by atoms with Gasteiger partial charge in [-0.25, -0.2) is 4.98 Å². The Morgan fingerprint density at radius 3 is 3.14 bits per heavy atom. The molecule has 1 atom stereocenters. The number of hydrogen-bond acceptors (Lipinski definition) is 3. The van der Waals surface area contributed by atoms with E-state index in [0.717, 1.165) is 37.0 Å². The van der Waals surface area contributed by atoms with E-state index in [1.165, 1.54) is 0 Å². The van der Waals surface area contributed by atoms with Crippen molar-refractivity contribution >= 4 is 11.6 Å². The number of pyridine rings is 1. The van der Waals surface area contributed by atoms with Crippen molar-refractivity contribution in [1.29, 1.82) is 0 Å². The summed E-state index contributed by atoms with van der Waals surface area (Å²) < 4.78 is 7.64. The summed E-state index contributed by atoms with van der Waals surface area (Å²) in [5, 5.41) is 2.97. The number of rotatable bonds is 4. The van der Waals surface area contributed by atoms with Gasteiger partial charge in [0.25, 0.3) is 5.91 Å². The minimum atomic E-state index is -0.656. The van der Waals surface area contributed by atoms with Gasteiger partial charge in [-0.3, -0.25) is 4.79 Å². The molecule has 1 aliphatic rings. The van der Waals surface area contributed by atoms with Crippen molar-refractivity contribution in [3.05, 3.63) is 36.3 Å². The normalized spacial score (nSPS) is 22.3. The lowest BCUT2D eigenvalue weighted by molar-refractivity contribution is -0.150. The molecular formula is C16H21N3O2. The first kappa shape index (κ1) is 14.1. The fourth-order valence-corrected chi connectivity index (χ4v) is 2.71. The fraction of sp³-hybridized carbons (Fsp3) is 0.500. The van der Waals surface area contributed by atoms with Crippen molar-refractivity contribution in [3.63, 3.8) is 0 Å². The maximum absolute atomic E-state index is 12.2. The molecule has 1 fully saturated rings. The second kappa shape index (κ2) is 5.85. The second-order valence-corrected chi connectivity index (χ2v) is 5.74. The molecule has 1 amide bonds.